The molecule has 0 aliphatic carbocycles. The topological polar surface area (TPSA) is 114 Å². The molecule has 4 rings (SSSR count). The lowest BCUT2D eigenvalue weighted by molar-refractivity contribution is -0.384. The first-order valence-corrected chi connectivity index (χ1v) is 9.42. The molecule has 31 heavy (non-hydrogen) atoms. The SMILES string of the molecule is Cc1ccccc1N1C(=O)C(=O)/C(=C(\O)c2ccc([N+](=O)[O-])cc2)C1c1ccccn1. The third-order valence-electron chi connectivity index (χ3n) is 5.14. The van der Waals surface area contributed by atoms with Gasteiger partial charge in [-0.2, -0.15) is 0 Å². The number of para-hydroxylation sites is 1. The van der Waals surface area contributed by atoms with E-state index >= 15 is 0 Å². The van der Waals surface area contributed by atoms with E-state index in [1.807, 2.05) is 19.1 Å². The molecular weight excluding hydrogens is 398 g/mol. The minimum absolute atomic E-state index is 0.124. The number of aliphatic hydroxyl groups is 1. The minimum atomic E-state index is -0.947. The first kappa shape index (κ1) is 20.0. The van der Waals surface area contributed by atoms with Gasteiger partial charge in [0.2, 0.25) is 0 Å². The summed E-state index contributed by atoms with van der Waals surface area (Å²) in [5.74, 6) is -2.05. The first-order chi connectivity index (χ1) is 14.9. The number of nitro benzene ring substituents is 1. The summed E-state index contributed by atoms with van der Waals surface area (Å²) < 4.78 is 0. The van der Waals surface area contributed by atoms with E-state index in [0.29, 0.717) is 11.4 Å². The number of hydrogen-bond donors (Lipinski definition) is 1. The Hall–Kier alpha value is -4.33. The van der Waals surface area contributed by atoms with Crippen molar-refractivity contribution in [3.63, 3.8) is 0 Å². The maximum Gasteiger partial charge on any atom is 0.300 e. The van der Waals surface area contributed by atoms with Crippen LogP contribution in [0.4, 0.5) is 11.4 Å². The molecule has 0 radical (unpaired) electrons. The van der Waals surface area contributed by atoms with E-state index in [9.17, 15) is 24.8 Å². The fourth-order valence-electron chi connectivity index (χ4n) is 3.63. The number of rotatable bonds is 4. The van der Waals surface area contributed by atoms with Gasteiger partial charge < -0.3 is 5.11 Å². The average Bonchev–Trinajstić information content (AvgIpc) is 3.05. The molecule has 1 N–H and O–H groups in total. The third kappa shape index (κ3) is 3.44. The van der Waals surface area contributed by atoms with Crippen LogP contribution in [0, 0.1) is 17.0 Å². The normalized spacial score (nSPS) is 17.7. The Balaban J connectivity index is 1.92. The lowest BCUT2D eigenvalue weighted by Gasteiger charge is -2.25. The second-order valence-electron chi connectivity index (χ2n) is 7.01. The standard InChI is InChI=1S/C23H17N3O5/c1-14-6-2-3-8-18(14)25-20(17-7-4-5-13-24-17)19(22(28)23(25)29)21(27)15-9-11-16(12-10-15)26(30)31/h2-13,20,27H,1H3/b21-19-. The quantitative estimate of drug-likeness (QED) is 0.227. The van der Waals surface area contributed by atoms with Crippen molar-refractivity contribution >= 4 is 28.8 Å². The summed E-state index contributed by atoms with van der Waals surface area (Å²) in [6.07, 6.45) is 1.54. The molecule has 1 aliphatic rings. The highest BCUT2D eigenvalue weighted by Crippen LogP contribution is 2.42. The van der Waals surface area contributed by atoms with Gasteiger partial charge in [-0.05, 0) is 42.8 Å². The van der Waals surface area contributed by atoms with Crippen LogP contribution in [0.25, 0.3) is 5.76 Å². The second-order valence-corrected chi connectivity index (χ2v) is 7.01. The number of nitrogens with zero attached hydrogens (tertiary/aromatic N) is 3. The van der Waals surface area contributed by atoms with Crippen LogP contribution in [-0.4, -0.2) is 26.7 Å². The molecule has 154 valence electrons. The highest BCUT2D eigenvalue weighted by molar-refractivity contribution is 6.51. The molecule has 0 bridgehead atoms. The Morgan fingerprint density at radius 2 is 1.71 bits per heavy atom. The van der Waals surface area contributed by atoms with Crippen molar-refractivity contribution in [3.8, 4) is 0 Å². The minimum Gasteiger partial charge on any atom is -0.507 e. The summed E-state index contributed by atoms with van der Waals surface area (Å²) in [7, 11) is 0. The van der Waals surface area contributed by atoms with Crippen molar-refractivity contribution < 1.29 is 19.6 Å². The molecule has 2 aromatic carbocycles. The van der Waals surface area contributed by atoms with E-state index in [2.05, 4.69) is 4.98 Å². The number of aliphatic hydroxyl groups excluding tert-OH is 1. The summed E-state index contributed by atoms with van der Waals surface area (Å²) in [5, 5.41) is 21.9. The monoisotopic (exact) mass is 415 g/mol. The number of carbonyl (C=O) groups is 2. The molecule has 0 saturated carbocycles. The molecule has 8 heteroatoms. The lowest BCUT2D eigenvalue weighted by Crippen LogP contribution is -2.30. The largest absolute Gasteiger partial charge is 0.507 e. The number of benzene rings is 2. The van der Waals surface area contributed by atoms with E-state index in [1.54, 1.807) is 36.5 Å². The highest BCUT2D eigenvalue weighted by atomic mass is 16.6. The zero-order valence-electron chi connectivity index (χ0n) is 16.4. The lowest BCUT2D eigenvalue weighted by atomic mass is 9.98. The molecule has 1 atom stereocenters. The molecule has 1 aliphatic heterocycles. The van der Waals surface area contributed by atoms with E-state index in [4.69, 9.17) is 0 Å². The van der Waals surface area contributed by atoms with Crippen molar-refractivity contribution in [2.75, 3.05) is 4.90 Å². The van der Waals surface area contributed by atoms with E-state index in [1.165, 1.54) is 29.2 Å². The smallest absolute Gasteiger partial charge is 0.300 e. The zero-order valence-corrected chi connectivity index (χ0v) is 16.4. The van der Waals surface area contributed by atoms with E-state index in [0.717, 1.165) is 5.56 Å². The summed E-state index contributed by atoms with van der Waals surface area (Å²) in [4.78, 5) is 42.1. The van der Waals surface area contributed by atoms with Gasteiger partial charge in [-0.25, -0.2) is 0 Å². The number of aromatic nitrogens is 1. The summed E-state index contributed by atoms with van der Waals surface area (Å²) in [6, 6.07) is 16.4. The number of ketones is 1. The van der Waals surface area contributed by atoms with Crippen molar-refractivity contribution in [2.45, 2.75) is 13.0 Å². The number of amides is 1. The van der Waals surface area contributed by atoms with Gasteiger partial charge in [0.1, 0.15) is 11.8 Å². The Kier molecular flexibility index (Phi) is 5.04. The number of non-ortho nitro benzene ring substituents is 1. The van der Waals surface area contributed by atoms with Crippen LogP contribution < -0.4 is 4.90 Å². The summed E-state index contributed by atoms with van der Waals surface area (Å²) >= 11 is 0. The molecule has 1 amide bonds. The van der Waals surface area contributed by atoms with Crippen molar-refractivity contribution in [2.24, 2.45) is 0 Å². The Bertz CT molecular complexity index is 1220. The van der Waals surface area contributed by atoms with Gasteiger partial charge >= 0.3 is 0 Å². The predicted octanol–water partition coefficient (Wildman–Crippen LogP) is 3.92. The fraction of sp³-hybridized carbons (Fsp3) is 0.0870. The van der Waals surface area contributed by atoms with Crippen LogP contribution in [0.2, 0.25) is 0 Å². The first-order valence-electron chi connectivity index (χ1n) is 9.42. The molecule has 1 aromatic heterocycles. The second kappa shape index (κ2) is 7.83. The molecular formula is C23H17N3O5. The Morgan fingerprint density at radius 1 is 1.03 bits per heavy atom. The Labute approximate surface area is 177 Å². The summed E-state index contributed by atoms with van der Waals surface area (Å²) in [6.45, 7) is 1.82. The molecule has 1 saturated heterocycles. The summed E-state index contributed by atoms with van der Waals surface area (Å²) in [5.41, 5.74) is 1.63. The van der Waals surface area contributed by atoms with Crippen molar-refractivity contribution in [3.05, 3.63) is 105 Å². The number of anilines is 1. The number of pyridine rings is 1. The number of Topliss-reactive ketones (excluding diaryl/α,β-unsaturated/α-hetero) is 1. The fourth-order valence-corrected chi connectivity index (χ4v) is 3.63. The number of hydrogen-bond acceptors (Lipinski definition) is 6. The number of nitro groups is 1. The van der Waals surface area contributed by atoms with Crippen molar-refractivity contribution in [1.29, 1.82) is 0 Å². The number of carbonyl (C=O) groups excluding carboxylic acids is 2. The average molecular weight is 415 g/mol. The van der Waals surface area contributed by atoms with E-state index in [-0.39, 0.29) is 16.8 Å². The van der Waals surface area contributed by atoms with Crippen LogP contribution in [0.1, 0.15) is 22.9 Å². The molecule has 8 nitrogen and oxygen atoms in total. The van der Waals surface area contributed by atoms with Gasteiger partial charge in [-0.3, -0.25) is 29.6 Å². The van der Waals surface area contributed by atoms with Crippen LogP contribution in [0.5, 0.6) is 0 Å². The van der Waals surface area contributed by atoms with Gasteiger partial charge in [0, 0.05) is 29.6 Å². The highest BCUT2D eigenvalue weighted by Gasteiger charge is 2.47. The number of aryl methyl sites for hydroxylation is 1. The maximum absolute atomic E-state index is 13.0. The van der Waals surface area contributed by atoms with Gasteiger partial charge in [-0.1, -0.05) is 24.3 Å². The van der Waals surface area contributed by atoms with Crippen molar-refractivity contribution in [1.82, 2.24) is 4.98 Å². The van der Waals surface area contributed by atoms with Crippen LogP contribution >= 0.6 is 0 Å². The van der Waals surface area contributed by atoms with Gasteiger partial charge in [0.15, 0.2) is 0 Å². The van der Waals surface area contributed by atoms with Crippen LogP contribution in [0.3, 0.4) is 0 Å². The van der Waals surface area contributed by atoms with Crippen LogP contribution in [0.15, 0.2) is 78.5 Å². The van der Waals surface area contributed by atoms with Gasteiger partial charge in [0.05, 0.1) is 16.2 Å². The predicted molar refractivity (Wildman–Crippen MR) is 113 cm³/mol. The molecule has 0 spiro atoms. The molecule has 1 fully saturated rings. The Morgan fingerprint density at radius 3 is 2.32 bits per heavy atom. The van der Waals surface area contributed by atoms with Crippen LogP contribution in [-0.2, 0) is 9.59 Å². The third-order valence-corrected chi connectivity index (χ3v) is 5.14. The van der Waals surface area contributed by atoms with Gasteiger partial charge in [-0.15, -0.1) is 0 Å². The molecule has 1 unspecified atom stereocenters. The zero-order chi connectivity index (χ0) is 22.1. The van der Waals surface area contributed by atoms with Gasteiger partial charge in [0.25, 0.3) is 17.4 Å². The maximum atomic E-state index is 13.0. The molecule has 2 heterocycles. The van der Waals surface area contributed by atoms with E-state index < -0.39 is 28.4 Å². The molecule has 3 aromatic rings.